The molecule has 0 saturated carbocycles. The molecule has 0 aliphatic heterocycles. The van der Waals surface area contributed by atoms with Gasteiger partial charge in [-0.2, -0.15) is 0 Å². The van der Waals surface area contributed by atoms with Crippen molar-refractivity contribution in [2.24, 2.45) is 0 Å². The lowest BCUT2D eigenvalue weighted by atomic mass is 10.1. The molecule has 3 aromatic rings. The third-order valence-electron chi connectivity index (χ3n) is 3.24. The van der Waals surface area contributed by atoms with E-state index in [9.17, 15) is 4.79 Å². The summed E-state index contributed by atoms with van der Waals surface area (Å²) >= 11 is 0. The molecule has 1 aromatic carbocycles. The Morgan fingerprint density at radius 1 is 1.23 bits per heavy atom. The van der Waals surface area contributed by atoms with Crippen LogP contribution in [-0.4, -0.2) is 20.4 Å². The molecule has 1 N–H and O–H groups in total. The lowest BCUT2D eigenvalue weighted by Crippen LogP contribution is -2.13. The Labute approximate surface area is 128 Å². The molecule has 5 nitrogen and oxygen atoms in total. The van der Waals surface area contributed by atoms with Gasteiger partial charge in [-0.1, -0.05) is 18.2 Å². The Morgan fingerprint density at radius 2 is 2.09 bits per heavy atom. The van der Waals surface area contributed by atoms with Crippen LogP contribution in [0.15, 0.2) is 61.2 Å². The minimum atomic E-state index is -0.161. The fourth-order valence-electron chi connectivity index (χ4n) is 2.20. The Kier molecular flexibility index (Phi) is 3.96. The van der Waals surface area contributed by atoms with Gasteiger partial charge in [0.15, 0.2) is 0 Å². The number of imidazole rings is 1. The minimum absolute atomic E-state index is 0.161. The van der Waals surface area contributed by atoms with Gasteiger partial charge in [0.25, 0.3) is 5.91 Å². The maximum absolute atomic E-state index is 12.3. The number of hydrogen-bond acceptors (Lipinski definition) is 3. The van der Waals surface area contributed by atoms with Crippen molar-refractivity contribution in [1.82, 2.24) is 14.5 Å². The van der Waals surface area contributed by atoms with Crippen molar-refractivity contribution >= 4 is 11.7 Å². The van der Waals surface area contributed by atoms with Gasteiger partial charge in [0, 0.05) is 30.2 Å². The quantitative estimate of drug-likeness (QED) is 0.804. The van der Waals surface area contributed by atoms with E-state index in [1.807, 2.05) is 48.0 Å². The molecule has 22 heavy (non-hydrogen) atoms. The molecule has 0 unspecified atom stereocenters. The van der Waals surface area contributed by atoms with Gasteiger partial charge >= 0.3 is 0 Å². The molecule has 0 aliphatic rings. The molecule has 3 rings (SSSR count). The van der Waals surface area contributed by atoms with Gasteiger partial charge in [-0.3, -0.25) is 4.79 Å². The molecule has 5 heteroatoms. The van der Waals surface area contributed by atoms with Gasteiger partial charge in [0.2, 0.25) is 0 Å². The maximum atomic E-state index is 12.3. The summed E-state index contributed by atoms with van der Waals surface area (Å²) in [4.78, 5) is 20.6. The second kappa shape index (κ2) is 6.22. The van der Waals surface area contributed by atoms with Gasteiger partial charge in [-0.05, 0) is 36.8 Å². The zero-order valence-corrected chi connectivity index (χ0v) is 12.2. The average molecular weight is 292 g/mol. The molecule has 0 aliphatic carbocycles. The second-order valence-corrected chi connectivity index (χ2v) is 5.05. The summed E-state index contributed by atoms with van der Waals surface area (Å²) < 4.78 is 1.96. The molecular weight excluding hydrogens is 276 g/mol. The first-order valence-electron chi connectivity index (χ1n) is 7.00. The summed E-state index contributed by atoms with van der Waals surface area (Å²) in [6.45, 7) is 2.57. The zero-order chi connectivity index (χ0) is 15.4. The molecule has 0 spiro atoms. The number of benzene rings is 1. The summed E-state index contributed by atoms with van der Waals surface area (Å²) in [5.41, 5.74) is 2.52. The van der Waals surface area contributed by atoms with Crippen molar-refractivity contribution in [2.45, 2.75) is 13.5 Å². The molecule has 0 bridgehead atoms. The van der Waals surface area contributed by atoms with Crippen LogP contribution in [0.4, 0.5) is 5.82 Å². The van der Waals surface area contributed by atoms with Crippen molar-refractivity contribution in [3.63, 3.8) is 0 Å². The number of anilines is 1. The van der Waals surface area contributed by atoms with E-state index in [0.717, 1.165) is 11.3 Å². The largest absolute Gasteiger partial charge is 0.333 e. The number of nitrogens with one attached hydrogen (secondary N) is 1. The SMILES string of the molecule is Cc1cccc(NC(=O)c2cccc(Cn3ccnc3)c2)n1. The number of carbonyl (C=O) groups excluding carboxylic acids is 1. The molecule has 2 heterocycles. The third kappa shape index (κ3) is 3.38. The van der Waals surface area contributed by atoms with Crippen LogP contribution in [-0.2, 0) is 6.54 Å². The van der Waals surface area contributed by atoms with Gasteiger partial charge < -0.3 is 9.88 Å². The topological polar surface area (TPSA) is 59.8 Å². The van der Waals surface area contributed by atoms with Crippen molar-refractivity contribution < 1.29 is 4.79 Å². The van der Waals surface area contributed by atoms with Crippen LogP contribution in [0.25, 0.3) is 0 Å². The highest BCUT2D eigenvalue weighted by atomic mass is 16.1. The summed E-state index contributed by atoms with van der Waals surface area (Å²) in [5, 5.41) is 2.82. The third-order valence-corrected chi connectivity index (χ3v) is 3.24. The van der Waals surface area contributed by atoms with Gasteiger partial charge in [-0.25, -0.2) is 9.97 Å². The van der Waals surface area contributed by atoms with Crippen LogP contribution in [0.1, 0.15) is 21.6 Å². The van der Waals surface area contributed by atoms with E-state index in [4.69, 9.17) is 0 Å². The standard InChI is InChI=1S/C17H16N4O/c1-13-4-2-7-16(19-13)20-17(22)15-6-3-5-14(10-15)11-21-9-8-18-12-21/h2-10,12H,11H2,1H3,(H,19,20,22). The molecular formula is C17H16N4O. The summed E-state index contributed by atoms with van der Waals surface area (Å²) in [7, 11) is 0. The van der Waals surface area contributed by atoms with E-state index in [-0.39, 0.29) is 5.91 Å². The number of rotatable bonds is 4. The summed E-state index contributed by atoms with van der Waals surface area (Å²) in [6.07, 6.45) is 5.38. The van der Waals surface area contributed by atoms with Crippen molar-refractivity contribution in [3.05, 3.63) is 78.0 Å². The number of aryl methyl sites for hydroxylation is 1. The first-order chi connectivity index (χ1) is 10.7. The molecule has 0 saturated heterocycles. The number of nitrogens with zero attached hydrogens (tertiary/aromatic N) is 3. The predicted octanol–water partition coefficient (Wildman–Crippen LogP) is 2.89. The van der Waals surface area contributed by atoms with Crippen molar-refractivity contribution in [1.29, 1.82) is 0 Å². The molecule has 110 valence electrons. The number of hydrogen-bond donors (Lipinski definition) is 1. The Hall–Kier alpha value is -2.95. The molecule has 0 fully saturated rings. The van der Waals surface area contributed by atoms with Crippen LogP contribution in [0.5, 0.6) is 0 Å². The van der Waals surface area contributed by atoms with Crippen LogP contribution >= 0.6 is 0 Å². The summed E-state index contributed by atoms with van der Waals surface area (Å²) in [5.74, 6) is 0.399. The van der Waals surface area contributed by atoms with E-state index in [2.05, 4.69) is 15.3 Å². The second-order valence-electron chi connectivity index (χ2n) is 5.05. The predicted molar refractivity (Wildman–Crippen MR) is 84.7 cm³/mol. The van der Waals surface area contributed by atoms with E-state index in [1.54, 1.807) is 24.7 Å². The smallest absolute Gasteiger partial charge is 0.256 e. The number of pyridine rings is 1. The fourth-order valence-corrected chi connectivity index (χ4v) is 2.20. The van der Waals surface area contributed by atoms with Gasteiger partial charge in [0.05, 0.1) is 6.33 Å². The molecule has 0 radical (unpaired) electrons. The molecule has 0 atom stereocenters. The van der Waals surface area contributed by atoms with Crippen LogP contribution in [0.3, 0.4) is 0 Å². The number of amides is 1. The van der Waals surface area contributed by atoms with E-state index in [0.29, 0.717) is 17.9 Å². The van der Waals surface area contributed by atoms with Crippen LogP contribution in [0.2, 0.25) is 0 Å². The highest BCUT2D eigenvalue weighted by Gasteiger charge is 2.08. The minimum Gasteiger partial charge on any atom is -0.333 e. The van der Waals surface area contributed by atoms with E-state index in [1.165, 1.54) is 0 Å². The van der Waals surface area contributed by atoms with Gasteiger partial charge in [-0.15, -0.1) is 0 Å². The first kappa shape index (κ1) is 14.0. The van der Waals surface area contributed by atoms with Crippen LogP contribution in [0, 0.1) is 6.92 Å². The Morgan fingerprint density at radius 3 is 2.86 bits per heavy atom. The fraction of sp³-hybridized carbons (Fsp3) is 0.118. The zero-order valence-electron chi connectivity index (χ0n) is 12.2. The van der Waals surface area contributed by atoms with Crippen molar-refractivity contribution in [2.75, 3.05) is 5.32 Å². The van der Waals surface area contributed by atoms with Gasteiger partial charge in [0.1, 0.15) is 5.82 Å². The van der Waals surface area contributed by atoms with E-state index >= 15 is 0 Å². The van der Waals surface area contributed by atoms with Crippen molar-refractivity contribution in [3.8, 4) is 0 Å². The van der Waals surface area contributed by atoms with E-state index < -0.39 is 0 Å². The molecule has 1 amide bonds. The number of aromatic nitrogens is 3. The lowest BCUT2D eigenvalue weighted by Gasteiger charge is -2.07. The molecule has 2 aromatic heterocycles. The highest BCUT2D eigenvalue weighted by Crippen LogP contribution is 2.10. The Bertz CT molecular complexity index is 781. The van der Waals surface area contributed by atoms with Crippen LogP contribution < -0.4 is 5.32 Å². The number of carbonyl (C=O) groups is 1. The maximum Gasteiger partial charge on any atom is 0.256 e. The average Bonchev–Trinajstić information content (AvgIpc) is 3.00. The first-order valence-corrected chi connectivity index (χ1v) is 7.00. The lowest BCUT2D eigenvalue weighted by molar-refractivity contribution is 0.102. The Balaban J connectivity index is 1.75. The normalized spacial score (nSPS) is 10.4. The highest BCUT2D eigenvalue weighted by molar-refractivity contribution is 6.03. The monoisotopic (exact) mass is 292 g/mol. The summed E-state index contributed by atoms with van der Waals surface area (Å²) in [6, 6.07) is 13.1.